The van der Waals surface area contributed by atoms with Gasteiger partial charge in [0.05, 0.1) is 5.57 Å². The molecule has 0 bridgehead atoms. The number of rotatable bonds is 3. The predicted molar refractivity (Wildman–Crippen MR) is 78.2 cm³/mol. The average Bonchev–Trinajstić information content (AvgIpc) is 2.52. The summed E-state index contributed by atoms with van der Waals surface area (Å²) in [6.45, 7) is 0.946. The molecule has 7 nitrogen and oxygen atoms in total. The van der Waals surface area contributed by atoms with E-state index in [0.717, 1.165) is 6.08 Å². The third-order valence-corrected chi connectivity index (χ3v) is 3.35. The van der Waals surface area contributed by atoms with Gasteiger partial charge in [-0.3, -0.25) is 4.84 Å². The first kappa shape index (κ1) is 20.4. The van der Waals surface area contributed by atoms with Crippen LogP contribution in [0.25, 0.3) is 6.08 Å². The molecule has 0 fully saturated rings. The summed E-state index contributed by atoms with van der Waals surface area (Å²) in [5, 5.41) is 6.75. The number of ether oxygens (including phenoxy) is 2. The largest absolute Gasteiger partial charge is 0.475 e. The van der Waals surface area contributed by atoms with E-state index in [2.05, 4.69) is 37.3 Å². The van der Waals surface area contributed by atoms with Crippen LogP contribution in [0.5, 0.6) is 5.75 Å². The molecule has 2 rings (SSSR count). The molecule has 0 radical (unpaired) electrons. The van der Waals surface area contributed by atoms with E-state index >= 15 is 0 Å². The minimum atomic E-state index is -4.77. The number of hydrogen-bond acceptors (Lipinski definition) is 6. The lowest BCUT2D eigenvalue weighted by Crippen LogP contribution is -2.42. The number of nitrogens with two attached hydrogens (primary N) is 1. The standard InChI is InChI=1S/C13H11BrF3NO4.H4NO/c1-6-2-8(14)3-7-4-9(12(19)20-5-21-18)11(13(15,16)17)22-10(6)7;1-2/h2-4,11H,5,18H2,1H3;2H,1H3/q;+1. The van der Waals surface area contributed by atoms with Crippen LogP contribution < -0.4 is 16.5 Å². The molecule has 1 atom stereocenters. The van der Waals surface area contributed by atoms with Gasteiger partial charge in [-0.2, -0.15) is 13.2 Å². The molecule has 0 amide bonds. The van der Waals surface area contributed by atoms with Crippen LogP contribution in [-0.2, 0) is 14.4 Å². The number of quaternary nitrogens is 1. The highest BCUT2D eigenvalue weighted by molar-refractivity contribution is 9.10. The number of carbonyl (C=O) groups excluding carboxylic acids is 1. The van der Waals surface area contributed by atoms with Crippen LogP contribution in [0.4, 0.5) is 13.2 Å². The highest BCUT2D eigenvalue weighted by Gasteiger charge is 2.49. The van der Waals surface area contributed by atoms with E-state index in [-0.39, 0.29) is 5.75 Å². The molecule has 1 aliphatic rings. The number of esters is 1. The maximum absolute atomic E-state index is 13.1. The summed E-state index contributed by atoms with van der Waals surface area (Å²) in [4.78, 5) is 15.8. The number of hydrogen-bond donors (Lipinski definition) is 3. The van der Waals surface area contributed by atoms with Gasteiger partial charge in [-0.05, 0) is 30.7 Å². The van der Waals surface area contributed by atoms with Gasteiger partial charge in [0.1, 0.15) is 5.75 Å². The van der Waals surface area contributed by atoms with Gasteiger partial charge in [0, 0.05) is 10.0 Å². The summed E-state index contributed by atoms with van der Waals surface area (Å²) in [5.41, 5.74) is 0.176. The van der Waals surface area contributed by atoms with Crippen molar-refractivity contribution in [3.8, 4) is 5.75 Å². The third kappa shape index (κ3) is 4.68. The second kappa shape index (κ2) is 8.44. The number of alkyl halides is 3. The smallest absolute Gasteiger partial charge is 0.430 e. The second-order valence-electron chi connectivity index (χ2n) is 4.50. The van der Waals surface area contributed by atoms with Crippen molar-refractivity contribution in [3.63, 3.8) is 0 Å². The lowest BCUT2D eigenvalue weighted by atomic mass is 9.99. The maximum Gasteiger partial charge on any atom is 0.430 e. The lowest BCUT2D eigenvalue weighted by Gasteiger charge is -2.28. The van der Waals surface area contributed by atoms with Crippen molar-refractivity contribution in [1.82, 2.24) is 0 Å². The zero-order chi connectivity index (χ0) is 18.5. The minimum absolute atomic E-state index is 0.0668. The van der Waals surface area contributed by atoms with E-state index in [1.807, 2.05) is 0 Å². The van der Waals surface area contributed by atoms with Gasteiger partial charge < -0.3 is 9.47 Å². The molecule has 0 saturated carbocycles. The first-order chi connectivity index (χ1) is 11.2. The Kier molecular flexibility index (Phi) is 7.17. The van der Waals surface area contributed by atoms with Crippen molar-refractivity contribution in [2.45, 2.75) is 19.2 Å². The topological polar surface area (TPSA) is 119 Å². The number of aryl methyl sites for hydroxylation is 1. The SMILES string of the molecule is Cc1cc(Br)cc2c1OC(C(F)(F)F)C(C(=O)OCON)=C2.[NH3+]O. The molecule has 1 aromatic rings. The number of carbonyl (C=O) groups is 1. The molecule has 6 N–H and O–H groups in total. The summed E-state index contributed by atoms with van der Waals surface area (Å²) >= 11 is 3.23. The Labute approximate surface area is 143 Å². The van der Waals surface area contributed by atoms with Crippen molar-refractivity contribution in [1.29, 1.82) is 0 Å². The fourth-order valence-electron chi connectivity index (χ4n) is 2.03. The molecule has 0 aromatic heterocycles. The quantitative estimate of drug-likeness (QED) is 0.390. The van der Waals surface area contributed by atoms with Crippen LogP contribution in [0.2, 0.25) is 0 Å². The van der Waals surface area contributed by atoms with E-state index in [1.54, 1.807) is 19.1 Å². The van der Waals surface area contributed by atoms with E-state index in [9.17, 15) is 18.0 Å². The van der Waals surface area contributed by atoms with Crippen LogP contribution in [0.15, 0.2) is 22.2 Å². The summed E-state index contributed by atoms with van der Waals surface area (Å²) in [6.07, 6.45) is -6.09. The molecule has 11 heteroatoms. The van der Waals surface area contributed by atoms with Gasteiger partial charge in [-0.15, -0.1) is 0 Å². The van der Waals surface area contributed by atoms with Gasteiger partial charge in [0.25, 0.3) is 0 Å². The Balaban J connectivity index is 0.00000139. The Morgan fingerprint density at radius 2 is 2.08 bits per heavy atom. The van der Waals surface area contributed by atoms with E-state index in [4.69, 9.17) is 9.94 Å². The highest BCUT2D eigenvalue weighted by Crippen LogP contribution is 2.40. The van der Waals surface area contributed by atoms with E-state index in [1.165, 1.54) is 0 Å². The zero-order valence-electron chi connectivity index (χ0n) is 12.4. The van der Waals surface area contributed by atoms with E-state index < -0.39 is 30.6 Å². The molecular formula is C13H15BrF3N2O5+. The van der Waals surface area contributed by atoms with Crippen molar-refractivity contribution in [2.75, 3.05) is 6.79 Å². The summed E-state index contributed by atoms with van der Waals surface area (Å²) in [5.74, 6) is 5.79. The van der Waals surface area contributed by atoms with Crippen molar-refractivity contribution < 1.29 is 43.4 Å². The molecule has 1 unspecified atom stereocenters. The molecular weight excluding hydrogens is 401 g/mol. The van der Waals surface area contributed by atoms with Crippen LogP contribution in [-0.4, -0.2) is 30.2 Å². The van der Waals surface area contributed by atoms with Gasteiger partial charge in [0.2, 0.25) is 12.9 Å². The Morgan fingerprint density at radius 1 is 1.46 bits per heavy atom. The Morgan fingerprint density at radius 3 is 2.62 bits per heavy atom. The van der Waals surface area contributed by atoms with Crippen molar-refractivity contribution in [3.05, 3.63) is 33.3 Å². The Hall–Kier alpha value is -1.66. The van der Waals surface area contributed by atoms with Gasteiger partial charge >= 0.3 is 12.1 Å². The van der Waals surface area contributed by atoms with Crippen LogP contribution in [0, 0.1) is 6.92 Å². The Bertz CT molecular complexity index is 637. The molecule has 0 saturated heterocycles. The molecule has 0 aliphatic carbocycles. The fraction of sp³-hybridized carbons (Fsp3) is 0.308. The second-order valence-corrected chi connectivity index (χ2v) is 5.41. The van der Waals surface area contributed by atoms with Crippen molar-refractivity contribution >= 4 is 28.0 Å². The van der Waals surface area contributed by atoms with Gasteiger partial charge in [-0.1, -0.05) is 15.9 Å². The zero-order valence-corrected chi connectivity index (χ0v) is 14.0. The summed E-state index contributed by atoms with van der Waals surface area (Å²) in [7, 11) is 0. The first-order valence-electron chi connectivity index (χ1n) is 6.29. The molecule has 1 aromatic carbocycles. The molecule has 24 heavy (non-hydrogen) atoms. The third-order valence-electron chi connectivity index (χ3n) is 2.89. The highest BCUT2D eigenvalue weighted by atomic mass is 79.9. The average molecular weight is 416 g/mol. The monoisotopic (exact) mass is 415 g/mol. The molecule has 1 aliphatic heterocycles. The van der Waals surface area contributed by atoms with Gasteiger partial charge in [0.15, 0.2) is 0 Å². The number of fused-ring (bicyclic) bond motifs is 1. The summed E-state index contributed by atoms with van der Waals surface area (Å²) in [6, 6.07) is 3.16. The van der Waals surface area contributed by atoms with Gasteiger partial charge in [-0.25, -0.2) is 21.8 Å². The predicted octanol–water partition coefficient (Wildman–Crippen LogP) is 1.47. The molecule has 134 valence electrons. The van der Waals surface area contributed by atoms with Crippen LogP contribution >= 0.6 is 15.9 Å². The number of halogens is 4. The normalized spacial score (nSPS) is 16.2. The molecule has 1 heterocycles. The first-order valence-corrected chi connectivity index (χ1v) is 7.09. The minimum Gasteiger partial charge on any atom is -0.475 e. The van der Waals surface area contributed by atoms with Crippen molar-refractivity contribution in [2.24, 2.45) is 5.90 Å². The number of benzene rings is 1. The molecule has 0 spiro atoms. The van der Waals surface area contributed by atoms with E-state index in [0.29, 0.717) is 15.6 Å². The van der Waals surface area contributed by atoms with Crippen LogP contribution in [0.1, 0.15) is 11.1 Å². The lowest BCUT2D eigenvalue weighted by molar-refractivity contribution is -0.670. The maximum atomic E-state index is 13.1. The fourth-order valence-corrected chi connectivity index (χ4v) is 2.62. The van der Waals surface area contributed by atoms with Crippen LogP contribution in [0.3, 0.4) is 0 Å². The summed E-state index contributed by atoms with van der Waals surface area (Å²) < 4.78 is 49.6.